The highest BCUT2D eigenvalue weighted by molar-refractivity contribution is 5.77. The molecule has 18 heavy (non-hydrogen) atoms. The molecular weight excluding hydrogens is 228 g/mol. The van der Waals surface area contributed by atoms with Crippen LogP contribution in [0.25, 0.3) is 0 Å². The Bertz CT molecular complexity index is 418. The highest BCUT2D eigenvalue weighted by atomic mass is 16.5. The molecule has 1 amide bonds. The molecule has 1 unspecified atom stereocenters. The minimum Gasteiger partial charge on any atom is -0.483 e. The second-order valence-electron chi connectivity index (χ2n) is 4.65. The highest BCUT2D eigenvalue weighted by Crippen LogP contribution is 2.19. The van der Waals surface area contributed by atoms with Crippen LogP contribution >= 0.6 is 0 Å². The fraction of sp³-hybridized carbons (Fsp3) is 0.500. The van der Waals surface area contributed by atoms with Crippen LogP contribution in [0.2, 0.25) is 0 Å². The van der Waals surface area contributed by atoms with Gasteiger partial charge in [-0.05, 0) is 38.0 Å². The predicted molar refractivity (Wildman–Crippen MR) is 72.7 cm³/mol. The van der Waals surface area contributed by atoms with E-state index in [0.29, 0.717) is 6.54 Å². The lowest BCUT2D eigenvalue weighted by Gasteiger charge is -2.23. The highest BCUT2D eigenvalue weighted by Gasteiger charge is 2.15. The molecule has 100 valence electrons. The second-order valence-corrected chi connectivity index (χ2v) is 4.65. The maximum Gasteiger partial charge on any atom is 0.260 e. The van der Waals surface area contributed by atoms with Gasteiger partial charge in [0.05, 0.1) is 0 Å². The average molecular weight is 250 g/mol. The number of rotatable bonds is 5. The number of ether oxygens (including phenoxy) is 1. The van der Waals surface area contributed by atoms with Gasteiger partial charge in [0.1, 0.15) is 5.75 Å². The normalized spacial score (nSPS) is 12.1. The molecule has 1 aromatic rings. The molecule has 0 aliphatic heterocycles. The zero-order valence-corrected chi connectivity index (χ0v) is 11.6. The zero-order valence-electron chi connectivity index (χ0n) is 11.6. The van der Waals surface area contributed by atoms with Crippen molar-refractivity contribution in [3.8, 4) is 5.75 Å². The third kappa shape index (κ3) is 3.74. The van der Waals surface area contributed by atoms with Crippen LogP contribution in [-0.2, 0) is 4.79 Å². The van der Waals surface area contributed by atoms with E-state index in [-0.39, 0.29) is 18.6 Å². The predicted octanol–water partition coefficient (Wildman–Crippen LogP) is 1.49. The van der Waals surface area contributed by atoms with Crippen LogP contribution in [0.5, 0.6) is 5.75 Å². The number of nitrogens with two attached hydrogens (primary N) is 1. The van der Waals surface area contributed by atoms with Crippen LogP contribution in [0, 0.1) is 13.8 Å². The van der Waals surface area contributed by atoms with Crippen molar-refractivity contribution in [1.29, 1.82) is 0 Å². The molecule has 0 aliphatic rings. The summed E-state index contributed by atoms with van der Waals surface area (Å²) in [5, 5.41) is 0. The lowest BCUT2D eigenvalue weighted by molar-refractivity contribution is -0.133. The Morgan fingerprint density at radius 1 is 1.44 bits per heavy atom. The van der Waals surface area contributed by atoms with Gasteiger partial charge in [-0.1, -0.05) is 12.1 Å². The van der Waals surface area contributed by atoms with Gasteiger partial charge in [-0.2, -0.15) is 0 Å². The quantitative estimate of drug-likeness (QED) is 0.861. The number of aryl methyl sites for hydroxylation is 2. The zero-order chi connectivity index (χ0) is 13.7. The van der Waals surface area contributed by atoms with Crippen LogP contribution in [-0.4, -0.2) is 37.0 Å². The number of hydrogen-bond acceptors (Lipinski definition) is 3. The molecule has 4 nitrogen and oxygen atoms in total. The number of carbonyl (C=O) groups excluding carboxylic acids is 1. The summed E-state index contributed by atoms with van der Waals surface area (Å²) >= 11 is 0. The van der Waals surface area contributed by atoms with Crippen molar-refractivity contribution in [1.82, 2.24) is 4.90 Å². The van der Waals surface area contributed by atoms with E-state index in [9.17, 15) is 4.79 Å². The van der Waals surface area contributed by atoms with Crippen molar-refractivity contribution in [3.05, 3.63) is 29.3 Å². The maximum absolute atomic E-state index is 11.9. The van der Waals surface area contributed by atoms with E-state index >= 15 is 0 Å². The summed E-state index contributed by atoms with van der Waals surface area (Å²) < 4.78 is 5.56. The number of carbonyl (C=O) groups is 1. The Kier molecular flexibility index (Phi) is 5.16. The van der Waals surface area contributed by atoms with E-state index in [2.05, 4.69) is 0 Å². The van der Waals surface area contributed by atoms with Crippen LogP contribution in [0.3, 0.4) is 0 Å². The van der Waals surface area contributed by atoms with Crippen molar-refractivity contribution in [2.45, 2.75) is 26.8 Å². The fourth-order valence-electron chi connectivity index (χ4n) is 1.51. The Hall–Kier alpha value is -1.55. The fourth-order valence-corrected chi connectivity index (χ4v) is 1.51. The van der Waals surface area contributed by atoms with Crippen LogP contribution in [0.15, 0.2) is 18.2 Å². The topological polar surface area (TPSA) is 55.6 Å². The van der Waals surface area contributed by atoms with E-state index in [1.165, 1.54) is 0 Å². The van der Waals surface area contributed by atoms with Gasteiger partial charge in [-0.15, -0.1) is 0 Å². The number of hydrogen-bond donors (Lipinski definition) is 1. The molecule has 0 heterocycles. The molecule has 0 bridgehead atoms. The smallest absolute Gasteiger partial charge is 0.260 e. The number of amides is 1. The van der Waals surface area contributed by atoms with Gasteiger partial charge in [0, 0.05) is 19.6 Å². The van der Waals surface area contributed by atoms with Crippen molar-refractivity contribution in [3.63, 3.8) is 0 Å². The molecule has 0 saturated heterocycles. The number of likely N-dealkylation sites (N-methyl/N-ethyl adjacent to an activating group) is 1. The van der Waals surface area contributed by atoms with Gasteiger partial charge in [0.2, 0.25) is 0 Å². The molecule has 1 rings (SSSR count). The first-order valence-electron chi connectivity index (χ1n) is 6.11. The van der Waals surface area contributed by atoms with E-state index in [0.717, 1.165) is 16.9 Å². The summed E-state index contributed by atoms with van der Waals surface area (Å²) in [6.45, 7) is 6.37. The van der Waals surface area contributed by atoms with Crippen molar-refractivity contribution in [2.75, 3.05) is 20.2 Å². The monoisotopic (exact) mass is 250 g/mol. The summed E-state index contributed by atoms with van der Waals surface area (Å²) in [5.74, 6) is 0.700. The third-order valence-corrected chi connectivity index (χ3v) is 3.09. The minimum atomic E-state index is -0.0612. The van der Waals surface area contributed by atoms with E-state index in [1.807, 2.05) is 39.0 Å². The van der Waals surface area contributed by atoms with Gasteiger partial charge >= 0.3 is 0 Å². The first-order valence-corrected chi connectivity index (χ1v) is 6.11. The van der Waals surface area contributed by atoms with Crippen LogP contribution < -0.4 is 10.5 Å². The summed E-state index contributed by atoms with van der Waals surface area (Å²) in [4.78, 5) is 13.5. The average Bonchev–Trinajstić information content (AvgIpc) is 2.37. The lowest BCUT2D eigenvalue weighted by Crippen LogP contribution is -2.42. The van der Waals surface area contributed by atoms with E-state index in [4.69, 9.17) is 10.5 Å². The summed E-state index contributed by atoms with van der Waals surface area (Å²) in [6, 6.07) is 5.97. The Labute approximate surface area is 109 Å². The van der Waals surface area contributed by atoms with Gasteiger partial charge < -0.3 is 15.4 Å². The molecule has 0 spiro atoms. The Balaban J connectivity index is 2.60. The van der Waals surface area contributed by atoms with Crippen LogP contribution in [0.4, 0.5) is 0 Å². The molecule has 4 heteroatoms. The summed E-state index contributed by atoms with van der Waals surface area (Å²) in [6.07, 6.45) is 0. The van der Waals surface area contributed by atoms with Gasteiger partial charge in [0.15, 0.2) is 6.61 Å². The standard InChI is InChI=1S/C14H22N2O2/c1-10-5-6-11(2)13(7-10)18-9-14(17)16(4)12(3)8-15/h5-7,12H,8-9,15H2,1-4H3. The van der Waals surface area contributed by atoms with Gasteiger partial charge in [0.25, 0.3) is 5.91 Å². The van der Waals surface area contributed by atoms with E-state index in [1.54, 1.807) is 11.9 Å². The molecule has 0 aromatic heterocycles. The molecule has 0 saturated carbocycles. The minimum absolute atomic E-state index is 0.0275. The molecule has 2 N–H and O–H groups in total. The molecule has 0 fully saturated rings. The van der Waals surface area contributed by atoms with Gasteiger partial charge in [-0.25, -0.2) is 0 Å². The van der Waals surface area contributed by atoms with Crippen molar-refractivity contribution >= 4 is 5.91 Å². The molecular formula is C14H22N2O2. The third-order valence-electron chi connectivity index (χ3n) is 3.09. The SMILES string of the molecule is Cc1ccc(C)c(OCC(=O)N(C)C(C)CN)c1. The molecule has 0 aliphatic carbocycles. The molecule has 1 atom stereocenters. The summed E-state index contributed by atoms with van der Waals surface area (Å²) in [5.41, 5.74) is 7.68. The second kappa shape index (κ2) is 6.40. The van der Waals surface area contributed by atoms with Gasteiger partial charge in [-0.3, -0.25) is 4.79 Å². The maximum atomic E-state index is 11.9. The largest absolute Gasteiger partial charge is 0.483 e. The van der Waals surface area contributed by atoms with E-state index < -0.39 is 0 Å². The Morgan fingerprint density at radius 2 is 2.11 bits per heavy atom. The molecule has 0 radical (unpaired) electrons. The first kappa shape index (κ1) is 14.5. The summed E-state index contributed by atoms with van der Waals surface area (Å²) in [7, 11) is 1.74. The van der Waals surface area contributed by atoms with Crippen LogP contribution in [0.1, 0.15) is 18.1 Å². The Morgan fingerprint density at radius 3 is 2.72 bits per heavy atom. The molecule has 1 aromatic carbocycles. The lowest BCUT2D eigenvalue weighted by atomic mass is 10.1. The number of nitrogens with zero attached hydrogens (tertiary/aromatic N) is 1. The van der Waals surface area contributed by atoms with Crippen molar-refractivity contribution < 1.29 is 9.53 Å². The number of benzene rings is 1. The first-order chi connectivity index (χ1) is 8.45. The van der Waals surface area contributed by atoms with Crippen molar-refractivity contribution in [2.24, 2.45) is 5.73 Å².